The van der Waals surface area contributed by atoms with Gasteiger partial charge in [0.15, 0.2) is 0 Å². The zero-order chi connectivity index (χ0) is 14.4. The lowest BCUT2D eigenvalue weighted by Crippen LogP contribution is -2.29. The molecular formula is C13H9F2N3O2. The predicted molar refractivity (Wildman–Crippen MR) is 65.1 cm³/mol. The summed E-state index contributed by atoms with van der Waals surface area (Å²) in [6.07, 6.45) is 1.67. The number of anilines is 1. The fourth-order valence-corrected chi connectivity index (χ4v) is 2.20. The number of benzene rings is 1. The molecule has 1 aromatic heterocycles. The lowest BCUT2D eigenvalue weighted by atomic mass is 10.1. The van der Waals surface area contributed by atoms with Gasteiger partial charge in [0.2, 0.25) is 0 Å². The molecule has 0 unspecified atom stereocenters. The third-order valence-electron chi connectivity index (χ3n) is 3.08. The summed E-state index contributed by atoms with van der Waals surface area (Å²) in [5, 5.41) is 4.08. The molecule has 0 saturated heterocycles. The van der Waals surface area contributed by atoms with Crippen LogP contribution < -0.4 is 4.90 Å². The van der Waals surface area contributed by atoms with Gasteiger partial charge in [-0.05, 0) is 12.1 Å². The molecule has 0 bridgehead atoms. The summed E-state index contributed by atoms with van der Waals surface area (Å²) in [6.45, 7) is -0.0126. The molecule has 1 amide bonds. The molecule has 0 aliphatic carbocycles. The Morgan fingerprint density at radius 3 is 2.65 bits per heavy atom. The first-order chi connectivity index (χ1) is 9.47. The Morgan fingerprint density at radius 2 is 2.00 bits per heavy atom. The molecule has 2 heterocycles. The van der Waals surface area contributed by atoms with Gasteiger partial charge in [-0.25, -0.2) is 8.78 Å². The van der Waals surface area contributed by atoms with Gasteiger partial charge in [0.05, 0.1) is 23.5 Å². The molecule has 0 radical (unpaired) electrons. The van der Waals surface area contributed by atoms with Crippen LogP contribution >= 0.6 is 0 Å². The minimum atomic E-state index is -1.03. The molecule has 1 aromatic carbocycles. The number of ketones is 1. The number of rotatable bonds is 2. The van der Waals surface area contributed by atoms with E-state index in [9.17, 15) is 18.4 Å². The molecular weight excluding hydrogens is 268 g/mol. The first-order valence-electron chi connectivity index (χ1n) is 5.81. The Kier molecular flexibility index (Phi) is 2.63. The minimum absolute atomic E-state index is 0.0126. The van der Waals surface area contributed by atoms with E-state index in [4.69, 9.17) is 0 Å². The highest BCUT2D eigenvalue weighted by molar-refractivity contribution is 6.52. The van der Waals surface area contributed by atoms with E-state index in [-0.39, 0.29) is 17.8 Å². The second kappa shape index (κ2) is 4.22. The Hall–Kier alpha value is -2.57. The zero-order valence-electron chi connectivity index (χ0n) is 10.4. The molecule has 7 heteroatoms. The van der Waals surface area contributed by atoms with E-state index in [1.165, 1.54) is 4.68 Å². The third-order valence-corrected chi connectivity index (χ3v) is 3.08. The van der Waals surface area contributed by atoms with E-state index in [1.807, 2.05) is 0 Å². The van der Waals surface area contributed by atoms with E-state index >= 15 is 0 Å². The molecule has 5 nitrogen and oxygen atoms in total. The van der Waals surface area contributed by atoms with Gasteiger partial charge in [0.1, 0.15) is 11.6 Å². The van der Waals surface area contributed by atoms with Gasteiger partial charge in [-0.2, -0.15) is 5.10 Å². The summed E-state index contributed by atoms with van der Waals surface area (Å²) in [5.41, 5.74) is 0.0849. The normalized spacial score (nSPS) is 14.1. The Bertz CT molecular complexity index is 739. The largest absolute Gasteiger partial charge is 0.299 e. The van der Waals surface area contributed by atoms with Crippen molar-refractivity contribution < 1.29 is 18.4 Å². The van der Waals surface area contributed by atoms with Crippen LogP contribution in [0.25, 0.3) is 0 Å². The van der Waals surface area contributed by atoms with Gasteiger partial charge in [-0.3, -0.25) is 19.2 Å². The number of aryl methyl sites for hydroxylation is 1. The van der Waals surface area contributed by atoms with Crippen LogP contribution in [0.1, 0.15) is 16.1 Å². The van der Waals surface area contributed by atoms with Crippen molar-refractivity contribution in [2.24, 2.45) is 7.05 Å². The highest BCUT2D eigenvalue weighted by Gasteiger charge is 2.39. The lowest BCUT2D eigenvalue weighted by Gasteiger charge is -2.14. The quantitative estimate of drug-likeness (QED) is 0.780. The summed E-state index contributed by atoms with van der Waals surface area (Å²) in [6, 6.07) is 3.23. The number of carbonyl (C=O) groups excluding carboxylic acids is 2. The number of hydrogen-bond donors (Lipinski definition) is 0. The van der Waals surface area contributed by atoms with Crippen LogP contribution in [0.15, 0.2) is 24.4 Å². The molecule has 3 rings (SSSR count). The van der Waals surface area contributed by atoms with Crippen molar-refractivity contribution in [2.45, 2.75) is 6.54 Å². The summed E-state index contributed by atoms with van der Waals surface area (Å²) in [5.74, 6) is -3.71. The molecule has 0 atom stereocenters. The van der Waals surface area contributed by atoms with Gasteiger partial charge >= 0.3 is 0 Å². The average molecular weight is 277 g/mol. The Balaban J connectivity index is 2.06. The van der Waals surface area contributed by atoms with Gasteiger partial charge in [-0.15, -0.1) is 0 Å². The van der Waals surface area contributed by atoms with Crippen LogP contribution in [0.3, 0.4) is 0 Å². The van der Waals surface area contributed by atoms with Crippen molar-refractivity contribution in [1.29, 1.82) is 0 Å². The third kappa shape index (κ3) is 1.78. The van der Waals surface area contributed by atoms with Crippen LogP contribution in [0.5, 0.6) is 0 Å². The van der Waals surface area contributed by atoms with Crippen LogP contribution in [0, 0.1) is 11.6 Å². The number of aromatic nitrogens is 2. The molecule has 2 aromatic rings. The first-order valence-corrected chi connectivity index (χ1v) is 5.81. The lowest BCUT2D eigenvalue weighted by molar-refractivity contribution is -0.114. The van der Waals surface area contributed by atoms with Gasteiger partial charge < -0.3 is 0 Å². The maximum Gasteiger partial charge on any atom is 0.299 e. The van der Waals surface area contributed by atoms with E-state index in [0.717, 1.165) is 11.0 Å². The molecule has 20 heavy (non-hydrogen) atoms. The van der Waals surface area contributed by atoms with Gasteiger partial charge in [0, 0.05) is 19.3 Å². The Morgan fingerprint density at radius 1 is 1.25 bits per heavy atom. The van der Waals surface area contributed by atoms with Crippen molar-refractivity contribution in [2.75, 3.05) is 4.90 Å². The number of nitrogens with zero attached hydrogens (tertiary/aromatic N) is 3. The highest BCUT2D eigenvalue weighted by atomic mass is 19.1. The second-order valence-corrected chi connectivity index (χ2v) is 4.48. The fraction of sp³-hybridized carbons (Fsp3) is 0.154. The number of fused-ring (bicyclic) bond motifs is 1. The summed E-state index contributed by atoms with van der Waals surface area (Å²) >= 11 is 0. The molecule has 0 saturated carbocycles. The molecule has 1 aliphatic heterocycles. The topological polar surface area (TPSA) is 55.2 Å². The predicted octanol–water partition coefficient (Wildman–Crippen LogP) is 1.43. The molecule has 1 aliphatic rings. The number of hydrogen-bond acceptors (Lipinski definition) is 3. The van der Waals surface area contributed by atoms with Gasteiger partial charge in [0.25, 0.3) is 11.7 Å². The van der Waals surface area contributed by atoms with Crippen molar-refractivity contribution in [3.63, 3.8) is 0 Å². The van der Waals surface area contributed by atoms with Crippen molar-refractivity contribution in [3.8, 4) is 0 Å². The molecule has 0 fully saturated rings. The van der Waals surface area contributed by atoms with E-state index in [1.54, 1.807) is 19.3 Å². The number of halogens is 2. The Labute approximate surface area is 112 Å². The summed E-state index contributed by atoms with van der Waals surface area (Å²) in [4.78, 5) is 24.7. The second-order valence-electron chi connectivity index (χ2n) is 4.48. The molecule has 0 N–H and O–H groups in total. The first kappa shape index (κ1) is 12.5. The SMILES string of the molecule is Cn1ccc(CN2C(=O)C(=O)c3c(F)cc(F)cc32)n1. The van der Waals surface area contributed by atoms with E-state index < -0.39 is 23.3 Å². The van der Waals surface area contributed by atoms with E-state index in [2.05, 4.69) is 5.10 Å². The monoisotopic (exact) mass is 277 g/mol. The maximum atomic E-state index is 13.6. The van der Waals surface area contributed by atoms with Crippen LogP contribution in [0.4, 0.5) is 14.5 Å². The summed E-state index contributed by atoms with van der Waals surface area (Å²) < 4.78 is 28.4. The number of amides is 1. The van der Waals surface area contributed by atoms with Gasteiger partial charge in [-0.1, -0.05) is 0 Å². The number of Topliss-reactive ketones (excluding diaryl/α,β-unsaturated/α-hetero) is 1. The molecule has 102 valence electrons. The standard InChI is InChI=1S/C13H9F2N3O2/c1-17-3-2-8(16-17)6-18-10-5-7(14)4-9(15)11(10)12(19)13(18)20/h2-5H,6H2,1H3. The van der Waals surface area contributed by atoms with Crippen molar-refractivity contribution in [3.05, 3.63) is 47.3 Å². The smallest absolute Gasteiger partial charge is 0.298 e. The average Bonchev–Trinajstić information content (AvgIpc) is 2.87. The van der Waals surface area contributed by atoms with Crippen LogP contribution in [-0.4, -0.2) is 21.5 Å². The van der Waals surface area contributed by atoms with Crippen molar-refractivity contribution in [1.82, 2.24) is 9.78 Å². The van der Waals surface area contributed by atoms with Crippen LogP contribution in [-0.2, 0) is 18.4 Å². The number of carbonyl (C=O) groups is 2. The summed E-state index contributed by atoms with van der Waals surface area (Å²) in [7, 11) is 1.70. The maximum absolute atomic E-state index is 13.6. The minimum Gasteiger partial charge on any atom is -0.298 e. The highest BCUT2D eigenvalue weighted by Crippen LogP contribution is 2.32. The molecule has 0 spiro atoms. The van der Waals surface area contributed by atoms with Crippen LogP contribution in [0.2, 0.25) is 0 Å². The van der Waals surface area contributed by atoms with E-state index in [0.29, 0.717) is 11.8 Å². The van der Waals surface area contributed by atoms with Crippen molar-refractivity contribution >= 4 is 17.4 Å². The zero-order valence-corrected chi connectivity index (χ0v) is 10.4. The fourth-order valence-electron chi connectivity index (χ4n) is 2.20.